The van der Waals surface area contributed by atoms with E-state index in [4.69, 9.17) is 4.74 Å². The molecule has 25 heavy (non-hydrogen) atoms. The Morgan fingerprint density at radius 3 is 2.64 bits per heavy atom. The van der Waals surface area contributed by atoms with Crippen molar-refractivity contribution in [2.75, 3.05) is 53.5 Å². The Morgan fingerprint density at radius 2 is 1.96 bits per heavy atom. The molecule has 1 aliphatic rings. The van der Waals surface area contributed by atoms with Crippen LogP contribution in [0, 0.1) is 6.92 Å². The maximum Gasteiger partial charge on any atom is 0.193 e. The van der Waals surface area contributed by atoms with Gasteiger partial charge in [0.25, 0.3) is 0 Å². The molecule has 1 N–H and O–H groups in total. The zero-order valence-corrected chi connectivity index (χ0v) is 18.2. The van der Waals surface area contributed by atoms with E-state index in [0.717, 1.165) is 51.8 Å². The Balaban J connectivity index is 0.00000312. The van der Waals surface area contributed by atoms with Crippen molar-refractivity contribution in [2.24, 2.45) is 4.99 Å². The topological polar surface area (TPSA) is 40.1 Å². The molecule has 0 saturated carbocycles. The Labute approximate surface area is 169 Å². The number of nitrogens with one attached hydrogen (secondary N) is 1. The molecule has 0 spiro atoms. The number of aliphatic imine (C=N–C) groups is 1. The molecule has 5 nitrogen and oxygen atoms in total. The average Bonchev–Trinajstić information content (AvgIpc) is 2.61. The zero-order valence-electron chi connectivity index (χ0n) is 15.8. The van der Waals surface area contributed by atoms with Gasteiger partial charge in [0.15, 0.2) is 5.96 Å². The maximum absolute atomic E-state index is 5.38. The number of nitrogens with zero attached hydrogens (tertiary/aromatic N) is 3. The van der Waals surface area contributed by atoms with E-state index in [1.165, 1.54) is 24.1 Å². The van der Waals surface area contributed by atoms with Gasteiger partial charge in [-0.15, -0.1) is 24.0 Å². The van der Waals surface area contributed by atoms with E-state index < -0.39 is 0 Å². The predicted molar refractivity (Wildman–Crippen MR) is 116 cm³/mol. The van der Waals surface area contributed by atoms with Crippen molar-refractivity contribution in [1.29, 1.82) is 0 Å². The van der Waals surface area contributed by atoms with Gasteiger partial charge in [0, 0.05) is 40.3 Å². The molecular formula is C19H33IN4O. The lowest BCUT2D eigenvalue weighted by molar-refractivity contribution is 0.0372. The highest BCUT2D eigenvalue weighted by Gasteiger charge is 2.10. The van der Waals surface area contributed by atoms with Crippen molar-refractivity contribution in [3.63, 3.8) is 0 Å². The normalized spacial score (nSPS) is 15.6. The summed E-state index contributed by atoms with van der Waals surface area (Å²) < 4.78 is 5.38. The minimum atomic E-state index is 0. The summed E-state index contributed by atoms with van der Waals surface area (Å²) in [6, 6.07) is 8.52. The van der Waals surface area contributed by atoms with Gasteiger partial charge >= 0.3 is 0 Å². The second kappa shape index (κ2) is 12.5. The number of unbranched alkanes of at least 4 members (excludes halogenated alkanes) is 1. The molecule has 2 rings (SSSR count). The van der Waals surface area contributed by atoms with Crippen molar-refractivity contribution in [3.05, 3.63) is 35.4 Å². The number of benzene rings is 1. The third-order valence-electron chi connectivity index (χ3n) is 4.53. The average molecular weight is 460 g/mol. The first-order valence-corrected chi connectivity index (χ1v) is 8.97. The summed E-state index contributed by atoms with van der Waals surface area (Å²) in [6.07, 6.45) is 2.38. The number of halogens is 1. The van der Waals surface area contributed by atoms with Crippen LogP contribution in [0.4, 0.5) is 0 Å². The number of morpholine rings is 1. The molecule has 1 aromatic carbocycles. The van der Waals surface area contributed by atoms with Crippen molar-refractivity contribution in [1.82, 2.24) is 15.1 Å². The number of aryl methyl sites for hydroxylation is 1. The van der Waals surface area contributed by atoms with Crippen molar-refractivity contribution < 1.29 is 4.74 Å². The van der Waals surface area contributed by atoms with Crippen LogP contribution in [0.2, 0.25) is 0 Å². The van der Waals surface area contributed by atoms with Gasteiger partial charge in [0.05, 0.1) is 13.2 Å². The Morgan fingerprint density at radius 1 is 1.24 bits per heavy atom. The molecule has 0 radical (unpaired) electrons. The molecule has 0 aromatic heterocycles. The van der Waals surface area contributed by atoms with Gasteiger partial charge in [-0.1, -0.05) is 24.3 Å². The van der Waals surface area contributed by atoms with Crippen LogP contribution in [0.25, 0.3) is 0 Å². The van der Waals surface area contributed by atoms with Gasteiger partial charge < -0.3 is 15.0 Å². The van der Waals surface area contributed by atoms with E-state index in [0.29, 0.717) is 0 Å². The molecule has 0 atom stereocenters. The molecular weight excluding hydrogens is 427 g/mol. The van der Waals surface area contributed by atoms with Gasteiger partial charge in [0.1, 0.15) is 0 Å². The highest BCUT2D eigenvalue weighted by atomic mass is 127. The molecule has 1 aliphatic heterocycles. The van der Waals surface area contributed by atoms with Crippen LogP contribution in [0.3, 0.4) is 0 Å². The van der Waals surface area contributed by atoms with E-state index in [1.807, 2.05) is 7.05 Å². The predicted octanol–water partition coefficient (Wildman–Crippen LogP) is 2.73. The fraction of sp³-hybridized carbons (Fsp3) is 0.632. The van der Waals surface area contributed by atoms with Crippen LogP contribution in [-0.4, -0.2) is 69.2 Å². The number of hydrogen-bond donors (Lipinski definition) is 1. The highest BCUT2D eigenvalue weighted by molar-refractivity contribution is 14.0. The molecule has 1 saturated heterocycles. The maximum atomic E-state index is 5.38. The van der Waals surface area contributed by atoms with Gasteiger partial charge in [-0.2, -0.15) is 0 Å². The molecule has 0 amide bonds. The van der Waals surface area contributed by atoms with Gasteiger partial charge in [-0.3, -0.25) is 9.89 Å². The van der Waals surface area contributed by atoms with Crippen LogP contribution < -0.4 is 5.32 Å². The molecule has 1 aromatic rings. The van der Waals surface area contributed by atoms with E-state index in [9.17, 15) is 0 Å². The van der Waals surface area contributed by atoms with Crippen molar-refractivity contribution in [3.8, 4) is 0 Å². The standard InChI is InChI=1S/C19H32N4O.HI/c1-17-8-4-5-9-18(17)16-22(3)19(20-2)21-10-6-7-11-23-12-14-24-15-13-23;/h4-5,8-9H,6-7,10-16H2,1-3H3,(H,20,21);1H. The van der Waals surface area contributed by atoms with Crippen LogP contribution >= 0.6 is 24.0 Å². The third kappa shape index (κ3) is 7.92. The number of hydrogen-bond acceptors (Lipinski definition) is 3. The van der Waals surface area contributed by atoms with Crippen LogP contribution in [0.1, 0.15) is 24.0 Å². The monoisotopic (exact) mass is 460 g/mol. The molecule has 1 heterocycles. The minimum Gasteiger partial charge on any atom is -0.379 e. The summed E-state index contributed by atoms with van der Waals surface area (Å²) in [5, 5.41) is 3.48. The first-order valence-electron chi connectivity index (χ1n) is 8.97. The smallest absolute Gasteiger partial charge is 0.193 e. The third-order valence-corrected chi connectivity index (χ3v) is 4.53. The van der Waals surface area contributed by atoms with Crippen LogP contribution in [0.5, 0.6) is 0 Å². The quantitative estimate of drug-likeness (QED) is 0.294. The summed E-state index contributed by atoms with van der Waals surface area (Å²) in [7, 11) is 3.94. The lowest BCUT2D eigenvalue weighted by Crippen LogP contribution is -2.39. The molecule has 0 aliphatic carbocycles. The summed E-state index contributed by atoms with van der Waals surface area (Å²) in [5.74, 6) is 0.963. The van der Waals surface area contributed by atoms with E-state index in [2.05, 4.69) is 58.3 Å². The van der Waals surface area contributed by atoms with E-state index in [-0.39, 0.29) is 24.0 Å². The lowest BCUT2D eigenvalue weighted by Gasteiger charge is -2.26. The molecule has 0 unspecified atom stereocenters. The fourth-order valence-corrected chi connectivity index (χ4v) is 2.99. The van der Waals surface area contributed by atoms with Gasteiger partial charge in [0.2, 0.25) is 0 Å². The first kappa shape index (κ1) is 22.2. The van der Waals surface area contributed by atoms with E-state index in [1.54, 1.807) is 0 Å². The highest BCUT2D eigenvalue weighted by Crippen LogP contribution is 2.09. The Bertz CT molecular complexity index is 518. The lowest BCUT2D eigenvalue weighted by atomic mass is 10.1. The Hall–Kier alpha value is -0.860. The number of guanidine groups is 1. The summed E-state index contributed by atoms with van der Waals surface area (Å²) in [6.45, 7) is 9.09. The summed E-state index contributed by atoms with van der Waals surface area (Å²) >= 11 is 0. The molecule has 1 fully saturated rings. The van der Waals surface area contributed by atoms with Crippen LogP contribution in [-0.2, 0) is 11.3 Å². The second-order valence-corrected chi connectivity index (χ2v) is 6.42. The van der Waals surface area contributed by atoms with Crippen molar-refractivity contribution >= 4 is 29.9 Å². The summed E-state index contributed by atoms with van der Waals surface area (Å²) in [5.41, 5.74) is 2.67. The first-order chi connectivity index (χ1) is 11.7. The SMILES string of the molecule is CN=C(NCCCCN1CCOCC1)N(C)Cc1ccccc1C.I. The van der Waals surface area contributed by atoms with Crippen LogP contribution in [0.15, 0.2) is 29.3 Å². The second-order valence-electron chi connectivity index (χ2n) is 6.42. The zero-order chi connectivity index (χ0) is 17.2. The molecule has 6 heteroatoms. The number of ether oxygens (including phenoxy) is 1. The van der Waals surface area contributed by atoms with Gasteiger partial charge in [-0.05, 0) is 37.4 Å². The minimum absolute atomic E-state index is 0. The number of rotatable bonds is 7. The van der Waals surface area contributed by atoms with E-state index >= 15 is 0 Å². The fourth-order valence-electron chi connectivity index (χ4n) is 2.99. The summed E-state index contributed by atoms with van der Waals surface area (Å²) in [4.78, 5) is 9.08. The molecule has 0 bridgehead atoms. The molecule has 142 valence electrons. The van der Waals surface area contributed by atoms with Gasteiger partial charge in [-0.25, -0.2) is 0 Å². The Kier molecular flexibility index (Phi) is 11.1. The van der Waals surface area contributed by atoms with Crippen molar-refractivity contribution in [2.45, 2.75) is 26.3 Å². The largest absolute Gasteiger partial charge is 0.379 e.